The number of thiocarbonyl (C=S) groups is 1. The van der Waals surface area contributed by atoms with Crippen LogP contribution in [0.4, 0.5) is 5.69 Å². The van der Waals surface area contributed by atoms with Gasteiger partial charge in [-0.1, -0.05) is 36.4 Å². The van der Waals surface area contributed by atoms with Gasteiger partial charge in [0.25, 0.3) is 0 Å². The lowest BCUT2D eigenvalue weighted by Gasteiger charge is -2.10. The van der Waals surface area contributed by atoms with Crippen LogP contribution in [0.25, 0.3) is 0 Å². The van der Waals surface area contributed by atoms with Gasteiger partial charge in [-0.3, -0.25) is 0 Å². The van der Waals surface area contributed by atoms with Gasteiger partial charge in [0.05, 0.1) is 6.61 Å². The number of hydrogen-bond donors (Lipinski definition) is 2. The summed E-state index contributed by atoms with van der Waals surface area (Å²) in [4.78, 5) is 0. The zero-order chi connectivity index (χ0) is 14.0. The number of para-hydroxylation sites is 2. The van der Waals surface area contributed by atoms with E-state index < -0.39 is 0 Å². The normalized spacial score (nSPS) is 9.80. The van der Waals surface area contributed by atoms with Crippen molar-refractivity contribution in [2.24, 2.45) is 0 Å². The maximum absolute atomic E-state index is 5.60. The second-order valence-corrected chi connectivity index (χ2v) is 4.67. The first-order valence-electron chi connectivity index (χ1n) is 6.62. The summed E-state index contributed by atoms with van der Waals surface area (Å²) in [6.45, 7) is 1.45. The van der Waals surface area contributed by atoms with Crippen molar-refractivity contribution in [1.29, 1.82) is 0 Å². The predicted molar refractivity (Wildman–Crippen MR) is 87.2 cm³/mol. The molecule has 0 atom stereocenters. The Kier molecular flexibility index (Phi) is 5.86. The molecule has 104 valence electrons. The number of benzene rings is 2. The SMILES string of the molecule is S=C(NCCCOc1ccccc1)Nc1ccccc1. The molecule has 2 N–H and O–H groups in total. The summed E-state index contributed by atoms with van der Waals surface area (Å²) >= 11 is 5.22. The quantitative estimate of drug-likeness (QED) is 0.629. The molecule has 0 unspecified atom stereocenters. The van der Waals surface area contributed by atoms with Gasteiger partial charge in [-0.25, -0.2) is 0 Å². The Labute approximate surface area is 125 Å². The van der Waals surface area contributed by atoms with Crippen LogP contribution in [0, 0.1) is 0 Å². The van der Waals surface area contributed by atoms with Crippen LogP contribution in [0.1, 0.15) is 6.42 Å². The summed E-state index contributed by atoms with van der Waals surface area (Å²) in [6.07, 6.45) is 0.894. The maximum atomic E-state index is 5.60. The van der Waals surface area contributed by atoms with Gasteiger partial charge in [-0.15, -0.1) is 0 Å². The number of hydrogen-bond acceptors (Lipinski definition) is 2. The third-order valence-corrected chi connectivity index (χ3v) is 2.90. The molecule has 0 aliphatic heterocycles. The van der Waals surface area contributed by atoms with Crippen LogP contribution in [-0.2, 0) is 0 Å². The van der Waals surface area contributed by atoms with E-state index in [4.69, 9.17) is 17.0 Å². The van der Waals surface area contributed by atoms with Gasteiger partial charge in [-0.05, 0) is 42.9 Å². The fourth-order valence-corrected chi connectivity index (χ4v) is 1.90. The Hall–Kier alpha value is -2.07. The Morgan fingerprint density at radius 3 is 2.30 bits per heavy atom. The van der Waals surface area contributed by atoms with Crippen molar-refractivity contribution < 1.29 is 4.74 Å². The lowest BCUT2D eigenvalue weighted by Crippen LogP contribution is -2.29. The molecule has 2 rings (SSSR count). The molecule has 0 heterocycles. The van der Waals surface area contributed by atoms with E-state index in [0.29, 0.717) is 11.7 Å². The molecular weight excluding hydrogens is 268 g/mol. The van der Waals surface area contributed by atoms with Crippen molar-refractivity contribution in [3.8, 4) is 5.75 Å². The second kappa shape index (κ2) is 8.17. The molecule has 0 spiro atoms. The molecule has 4 heteroatoms. The molecule has 0 amide bonds. The Morgan fingerprint density at radius 1 is 0.950 bits per heavy atom. The highest BCUT2D eigenvalue weighted by Crippen LogP contribution is 2.08. The van der Waals surface area contributed by atoms with Gasteiger partial charge >= 0.3 is 0 Å². The van der Waals surface area contributed by atoms with Gasteiger partial charge in [0.15, 0.2) is 5.11 Å². The molecule has 2 aromatic rings. The Balaban J connectivity index is 1.58. The zero-order valence-corrected chi connectivity index (χ0v) is 12.0. The highest BCUT2D eigenvalue weighted by atomic mass is 32.1. The minimum atomic E-state index is 0.635. The highest BCUT2D eigenvalue weighted by Gasteiger charge is 1.96. The monoisotopic (exact) mass is 286 g/mol. The lowest BCUT2D eigenvalue weighted by atomic mass is 10.3. The van der Waals surface area contributed by atoms with Crippen molar-refractivity contribution in [3.05, 3.63) is 60.7 Å². The standard InChI is InChI=1S/C16H18N2OS/c20-16(18-14-8-3-1-4-9-14)17-12-7-13-19-15-10-5-2-6-11-15/h1-6,8-11H,7,12-13H2,(H2,17,18,20). The van der Waals surface area contributed by atoms with E-state index in [0.717, 1.165) is 24.4 Å². The maximum Gasteiger partial charge on any atom is 0.170 e. The number of nitrogens with one attached hydrogen (secondary N) is 2. The molecule has 0 aliphatic rings. The molecule has 20 heavy (non-hydrogen) atoms. The topological polar surface area (TPSA) is 33.3 Å². The van der Waals surface area contributed by atoms with Crippen LogP contribution in [0.3, 0.4) is 0 Å². The molecule has 2 aromatic carbocycles. The van der Waals surface area contributed by atoms with E-state index in [1.807, 2.05) is 60.7 Å². The van der Waals surface area contributed by atoms with Crippen molar-refractivity contribution in [2.45, 2.75) is 6.42 Å². The van der Waals surface area contributed by atoms with Gasteiger partial charge in [0.1, 0.15) is 5.75 Å². The summed E-state index contributed by atoms with van der Waals surface area (Å²) in [7, 11) is 0. The second-order valence-electron chi connectivity index (χ2n) is 4.26. The number of rotatable bonds is 6. The first-order valence-corrected chi connectivity index (χ1v) is 7.03. The first-order chi connectivity index (χ1) is 9.84. The van der Waals surface area contributed by atoms with E-state index in [-0.39, 0.29) is 0 Å². The van der Waals surface area contributed by atoms with Crippen LogP contribution < -0.4 is 15.4 Å². The smallest absolute Gasteiger partial charge is 0.170 e. The van der Waals surface area contributed by atoms with Crippen LogP contribution in [-0.4, -0.2) is 18.3 Å². The Bertz CT molecular complexity index is 517. The summed E-state index contributed by atoms with van der Waals surface area (Å²) in [5, 5.41) is 6.92. The van der Waals surface area contributed by atoms with E-state index in [1.165, 1.54) is 0 Å². The lowest BCUT2D eigenvalue weighted by molar-refractivity contribution is 0.311. The molecule has 0 saturated heterocycles. The van der Waals surface area contributed by atoms with Crippen LogP contribution in [0.5, 0.6) is 5.75 Å². The fraction of sp³-hybridized carbons (Fsp3) is 0.188. The molecule has 3 nitrogen and oxygen atoms in total. The zero-order valence-electron chi connectivity index (χ0n) is 11.2. The van der Waals surface area contributed by atoms with Crippen LogP contribution >= 0.6 is 12.2 Å². The first kappa shape index (κ1) is 14.3. The summed E-state index contributed by atoms with van der Waals surface area (Å²) in [5.41, 5.74) is 0.991. The van der Waals surface area contributed by atoms with Gasteiger partial charge < -0.3 is 15.4 Å². The van der Waals surface area contributed by atoms with Crippen molar-refractivity contribution >= 4 is 23.0 Å². The third kappa shape index (κ3) is 5.28. The van der Waals surface area contributed by atoms with Gasteiger partial charge in [0.2, 0.25) is 0 Å². The van der Waals surface area contributed by atoms with Crippen LogP contribution in [0.2, 0.25) is 0 Å². The van der Waals surface area contributed by atoms with E-state index in [9.17, 15) is 0 Å². The largest absolute Gasteiger partial charge is 0.494 e. The third-order valence-electron chi connectivity index (χ3n) is 2.65. The van der Waals surface area contributed by atoms with Gasteiger partial charge in [0, 0.05) is 12.2 Å². The fourth-order valence-electron chi connectivity index (χ4n) is 1.68. The molecule has 0 aromatic heterocycles. The van der Waals surface area contributed by atoms with Crippen molar-refractivity contribution in [3.63, 3.8) is 0 Å². The predicted octanol–water partition coefficient (Wildman–Crippen LogP) is 3.44. The summed E-state index contributed by atoms with van der Waals surface area (Å²) in [6, 6.07) is 19.7. The molecule has 0 fully saturated rings. The van der Waals surface area contributed by atoms with Crippen molar-refractivity contribution in [2.75, 3.05) is 18.5 Å². The summed E-state index contributed by atoms with van der Waals surface area (Å²) < 4.78 is 5.60. The number of anilines is 1. The molecule has 0 bridgehead atoms. The summed E-state index contributed by atoms with van der Waals surface area (Å²) in [5.74, 6) is 0.900. The van der Waals surface area contributed by atoms with E-state index in [1.54, 1.807) is 0 Å². The van der Waals surface area contributed by atoms with Gasteiger partial charge in [-0.2, -0.15) is 0 Å². The number of ether oxygens (including phenoxy) is 1. The molecule has 0 aliphatic carbocycles. The molecule has 0 saturated carbocycles. The van der Waals surface area contributed by atoms with Crippen LogP contribution in [0.15, 0.2) is 60.7 Å². The van der Waals surface area contributed by atoms with E-state index in [2.05, 4.69) is 10.6 Å². The highest BCUT2D eigenvalue weighted by molar-refractivity contribution is 7.80. The molecule has 0 radical (unpaired) electrons. The van der Waals surface area contributed by atoms with E-state index >= 15 is 0 Å². The minimum absolute atomic E-state index is 0.635. The molecular formula is C16H18N2OS. The average Bonchev–Trinajstić information content (AvgIpc) is 2.49. The minimum Gasteiger partial charge on any atom is -0.494 e. The Morgan fingerprint density at radius 2 is 1.60 bits per heavy atom. The van der Waals surface area contributed by atoms with Crippen molar-refractivity contribution in [1.82, 2.24) is 5.32 Å². The average molecular weight is 286 g/mol.